The normalized spacial score (nSPS) is 11.9. The number of aromatic hydroxyl groups is 1. The molecule has 2 aromatic carbocycles. The summed E-state index contributed by atoms with van der Waals surface area (Å²) in [5, 5.41) is 22.0. The van der Waals surface area contributed by atoms with Crippen LogP contribution in [0.5, 0.6) is 5.75 Å². The lowest BCUT2D eigenvalue weighted by molar-refractivity contribution is -0.118. The molecule has 1 unspecified atom stereocenters. The van der Waals surface area contributed by atoms with Crippen LogP contribution < -0.4 is 5.32 Å². The summed E-state index contributed by atoms with van der Waals surface area (Å²) in [4.78, 5) is 11.8. The second-order valence-electron chi connectivity index (χ2n) is 4.34. The standard InChI is InChI=1S/C15H14ClNO3/c16-12-8-11(6-7-13(12)18)17-15(20)9-14(19)10-4-2-1-3-5-10/h1-8,14,18-19H,9H2,(H,17,20). The fourth-order valence-corrected chi connectivity index (χ4v) is 1.95. The van der Waals surface area contributed by atoms with Crippen molar-refractivity contribution < 1.29 is 15.0 Å². The molecule has 3 N–H and O–H groups in total. The predicted molar refractivity (Wildman–Crippen MR) is 77.8 cm³/mol. The number of hydrogen-bond acceptors (Lipinski definition) is 3. The van der Waals surface area contributed by atoms with E-state index < -0.39 is 6.10 Å². The van der Waals surface area contributed by atoms with E-state index in [0.717, 1.165) is 0 Å². The lowest BCUT2D eigenvalue weighted by atomic mass is 10.1. The van der Waals surface area contributed by atoms with Crippen LogP contribution in [0.2, 0.25) is 5.02 Å². The lowest BCUT2D eigenvalue weighted by Gasteiger charge is -2.11. The van der Waals surface area contributed by atoms with Crippen LogP contribution in [0.3, 0.4) is 0 Å². The predicted octanol–water partition coefficient (Wildman–Crippen LogP) is 3.11. The van der Waals surface area contributed by atoms with Gasteiger partial charge in [-0.3, -0.25) is 4.79 Å². The molecule has 0 fully saturated rings. The Hall–Kier alpha value is -2.04. The van der Waals surface area contributed by atoms with Gasteiger partial charge in [-0.25, -0.2) is 0 Å². The Labute approximate surface area is 121 Å². The SMILES string of the molecule is O=C(CC(O)c1ccccc1)Nc1ccc(O)c(Cl)c1. The number of aliphatic hydroxyl groups is 1. The molecular weight excluding hydrogens is 278 g/mol. The number of rotatable bonds is 4. The second-order valence-corrected chi connectivity index (χ2v) is 4.75. The maximum absolute atomic E-state index is 11.8. The van der Waals surface area contributed by atoms with E-state index in [1.165, 1.54) is 18.2 Å². The highest BCUT2D eigenvalue weighted by Gasteiger charge is 2.13. The first-order chi connectivity index (χ1) is 9.56. The third kappa shape index (κ3) is 3.73. The molecule has 0 heterocycles. The van der Waals surface area contributed by atoms with Crippen molar-refractivity contribution in [1.82, 2.24) is 0 Å². The van der Waals surface area contributed by atoms with Gasteiger partial charge in [0.1, 0.15) is 5.75 Å². The fourth-order valence-electron chi connectivity index (χ4n) is 1.77. The first kappa shape index (κ1) is 14.4. The van der Waals surface area contributed by atoms with Gasteiger partial charge >= 0.3 is 0 Å². The molecule has 0 saturated carbocycles. The molecule has 0 saturated heterocycles. The summed E-state index contributed by atoms with van der Waals surface area (Å²) >= 11 is 5.75. The van der Waals surface area contributed by atoms with Crippen molar-refractivity contribution in [2.45, 2.75) is 12.5 Å². The van der Waals surface area contributed by atoms with Gasteiger partial charge in [0.15, 0.2) is 0 Å². The number of phenolic OH excluding ortho intramolecular Hbond substituents is 1. The van der Waals surface area contributed by atoms with Crippen LogP contribution in [0.25, 0.3) is 0 Å². The van der Waals surface area contributed by atoms with Crippen molar-refractivity contribution in [3.63, 3.8) is 0 Å². The Bertz CT molecular complexity index is 601. The number of anilines is 1. The topological polar surface area (TPSA) is 69.6 Å². The number of carbonyl (C=O) groups is 1. The fraction of sp³-hybridized carbons (Fsp3) is 0.133. The number of benzene rings is 2. The lowest BCUT2D eigenvalue weighted by Crippen LogP contribution is -2.15. The summed E-state index contributed by atoms with van der Waals surface area (Å²) in [6, 6.07) is 13.3. The molecule has 0 aliphatic carbocycles. The molecular formula is C15H14ClNO3. The van der Waals surface area contributed by atoms with E-state index in [-0.39, 0.29) is 23.1 Å². The van der Waals surface area contributed by atoms with Crippen LogP contribution in [-0.2, 0) is 4.79 Å². The monoisotopic (exact) mass is 291 g/mol. The first-order valence-corrected chi connectivity index (χ1v) is 6.45. The number of nitrogens with one attached hydrogen (secondary N) is 1. The van der Waals surface area contributed by atoms with Gasteiger partial charge in [-0.2, -0.15) is 0 Å². The van der Waals surface area contributed by atoms with E-state index >= 15 is 0 Å². The molecule has 0 aliphatic rings. The second kappa shape index (κ2) is 6.41. The summed E-state index contributed by atoms with van der Waals surface area (Å²) < 4.78 is 0. The Balaban J connectivity index is 1.97. The molecule has 1 atom stereocenters. The van der Waals surface area contributed by atoms with Crippen molar-refractivity contribution in [1.29, 1.82) is 0 Å². The number of phenols is 1. The Morgan fingerprint density at radius 3 is 2.55 bits per heavy atom. The Kier molecular flexibility index (Phi) is 4.61. The van der Waals surface area contributed by atoms with Crippen molar-refractivity contribution >= 4 is 23.2 Å². The summed E-state index contributed by atoms with van der Waals surface area (Å²) in [6.07, 6.45) is -0.911. The highest BCUT2D eigenvalue weighted by atomic mass is 35.5. The molecule has 2 rings (SSSR count). The van der Waals surface area contributed by atoms with E-state index in [0.29, 0.717) is 11.3 Å². The maximum Gasteiger partial charge on any atom is 0.227 e. The third-order valence-electron chi connectivity index (χ3n) is 2.79. The summed E-state index contributed by atoms with van der Waals surface area (Å²) in [5.74, 6) is -0.378. The van der Waals surface area contributed by atoms with Gasteiger partial charge in [0.05, 0.1) is 17.5 Å². The third-order valence-corrected chi connectivity index (χ3v) is 3.10. The Morgan fingerprint density at radius 1 is 1.20 bits per heavy atom. The number of amides is 1. The summed E-state index contributed by atoms with van der Waals surface area (Å²) in [7, 11) is 0. The van der Waals surface area contributed by atoms with Gasteiger partial charge < -0.3 is 15.5 Å². The molecule has 5 heteroatoms. The molecule has 20 heavy (non-hydrogen) atoms. The molecule has 0 spiro atoms. The molecule has 0 radical (unpaired) electrons. The number of carbonyl (C=O) groups excluding carboxylic acids is 1. The molecule has 1 amide bonds. The van der Waals surface area contributed by atoms with Crippen molar-refractivity contribution in [2.24, 2.45) is 0 Å². The molecule has 2 aromatic rings. The van der Waals surface area contributed by atoms with E-state index in [9.17, 15) is 15.0 Å². The average Bonchev–Trinajstić information content (AvgIpc) is 2.44. The Morgan fingerprint density at radius 2 is 1.90 bits per heavy atom. The summed E-state index contributed by atoms with van der Waals surface area (Å²) in [6.45, 7) is 0. The van der Waals surface area contributed by atoms with E-state index in [1.54, 1.807) is 24.3 Å². The van der Waals surface area contributed by atoms with Gasteiger partial charge in [0, 0.05) is 5.69 Å². The zero-order chi connectivity index (χ0) is 14.5. The van der Waals surface area contributed by atoms with Gasteiger partial charge in [-0.05, 0) is 23.8 Å². The van der Waals surface area contributed by atoms with Gasteiger partial charge in [-0.15, -0.1) is 0 Å². The number of halogens is 1. The van der Waals surface area contributed by atoms with Crippen LogP contribution in [-0.4, -0.2) is 16.1 Å². The van der Waals surface area contributed by atoms with Crippen molar-refractivity contribution in [2.75, 3.05) is 5.32 Å². The van der Waals surface area contributed by atoms with Crippen molar-refractivity contribution in [3.05, 3.63) is 59.1 Å². The minimum absolute atomic E-state index is 0.0472. The molecule has 0 aromatic heterocycles. The van der Waals surface area contributed by atoms with Crippen LogP contribution >= 0.6 is 11.6 Å². The average molecular weight is 292 g/mol. The maximum atomic E-state index is 11.8. The smallest absolute Gasteiger partial charge is 0.227 e. The van der Waals surface area contributed by atoms with Crippen molar-refractivity contribution in [3.8, 4) is 5.75 Å². The highest BCUT2D eigenvalue weighted by molar-refractivity contribution is 6.32. The van der Waals surface area contributed by atoms with Gasteiger partial charge in [0.25, 0.3) is 0 Å². The largest absolute Gasteiger partial charge is 0.506 e. The minimum Gasteiger partial charge on any atom is -0.506 e. The van der Waals surface area contributed by atoms with E-state index in [4.69, 9.17) is 11.6 Å². The molecule has 0 aliphatic heterocycles. The zero-order valence-electron chi connectivity index (χ0n) is 10.6. The van der Waals surface area contributed by atoms with Gasteiger partial charge in [0.2, 0.25) is 5.91 Å². The van der Waals surface area contributed by atoms with Gasteiger partial charge in [-0.1, -0.05) is 41.9 Å². The van der Waals surface area contributed by atoms with Crippen LogP contribution in [0.4, 0.5) is 5.69 Å². The minimum atomic E-state index is -0.858. The van der Waals surface area contributed by atoms with E-state index in [1.807, 2.05) is 6.07 Å². The quantitative estimate of drug-likeness (QED) is 0.758. The summed E-state index contributed by atoms with van der Waals surface area (Å²) in [5.41, 5.74) is 1.16. The highest BCUT2D eigenvalue weighted by Crippen LogP contribution is 2.26. The molecule has 0 bridgehead atoms. The number of aliphatic hydroxyl groups excluding tert-OH is 1. The first-order valence-electron chi connectivity index (χ1n) is 6.07. The molecule has 104 valence electrons. The number of hydrogen-bond donors (Lipinski definition) is 3. The van der Waals surface area contributed by atoms with Crippen LogP contribution in [0.15, 0.2) is 48.5 Å². The van der Waals surface area contributed by atoms with Crippen LogP contribution in [0.1, 0.15) is 18.1 Å². The van der Waals surface area contributed by atoms with Crippen LogP contribution in [0, 0.1) is 0 Å². The van der Waals surface area contributed by atoms with E-state index in [2.05, 4.69) is 5.32 Å². The molecule has 4 nitrogen and oxygen atoms in total. The zero-order valence-corrected chi connectivity index (χ0v) is 11.3.